The number of fused-ring (bicyclic) bond motifs is 3. The number of hydrogen-bond donors (Lipinski definition) is 0. The monoisotopic (exact) mass is 396 g/mol. The first kappa shape index (κ1) is 19.7. The van der Waals surface area contributed by atoms with Crippen LogP contribution in [0.15, 0.2) is 42.1 Å². The second-order valence-electron chi connectivity index (χ2n) is 9.08. The second-order valence-corrected chi connectivity index (χ2v) is 9.08. The van der Waals surface area contributed by atoms with Crippen LogP contribution < -0.4 is 4.90 Å². The highest BCUT2D eigenvalue weighted by atomic mass is 16.6. The van der Waals surface area contributed by atoms with Crippen molar-refractivity contribution in [1.82, 2.24) is 4.90 Å². The van der Waals surface area contributed by atoms with Crippen LogP contribution in [0.3, 0.4) is 0 Å². The number of anilines is 1. The molecule has 154 valence electrons. The molecule has 2 heterocycles. The molecule has 29 heavy (non-hydrogen) atoms. The molecular formula is C23H28N2O4. The third kappa shape index (κ3) is 3.56. The molecule has 3 amide bonds. The normalized spacial score (nSPS) is 27.1. The highest BCUT2D eigenvalue weighted by Crippen LogP contribution is 2.47. The Morgan fingerprint density at radius 3 is 2.45 bits per heavy atom. The van der Waals surface area contributed by atoms with E-state index in [2.05, 4.69) is 0 Å². The van der Waals surface area contributed by atoms with Gasteiger partial charge in [-0.15, -0.1) is 0 Å². The number of imide groups is 1. The van der Waals surface area contributed by atoms with Crippen LogP contribution in [-0.2, 0) is 14.3 Å². The third-order valence-corrected chi connectivity index (χ3v) is 5.96. The van der Waals surface area contributed by atoms with E-state index < -0.39 is 11.5 Å². The minimum absolute atomic E-state index is 0.130. The van der Waals surface area contributed by atoms with Crippen LogP contribution in [0.5, 0.6) is 0 Å². The lowest BCUT2D eigenvalue weighted by Crippen LogP contribution is -2.42. The van der Waals surface area contributed by atoms with E-state index >= 15 is 0 Å². The molecule has 6 nitrogen and oxygen atoms in total. The van der Waals surface area contributed by atoms with E-state index in [0.717, 1.165) is 25.0 Å². The number of allylic oxidation sites excluding steroid dienone is 2. The SMILES string of the molecule is CC(C)(C)OC(=O)N1CCCCC2C1=CCC1C(=O)N(c3ccccc3)C(=O)C12. The second kappa shape index (κ2) is 7.32. The average Bonchev–Trinajstić information content (AvgIpc) is 2.82. The number of ether oxygens (including phenoxy) is 1. The van der Waals surface area contributed by atoms with Crippen molar-refractivity contribution in [2.45, 2.75) is 52.1 Å². The number of nitrogens with zero attached hydrogens (tertiary/aromatic N) is 2. The van der Waals surface area contributed by atoms with Gasteiger partial charge in [0.1, 0.15) is 5.60 Å². The first-order valence-electron chi connectivity index (χ1n) is 10.4. The largest absolute Gasteiger partial charge is 0.443 e. The zero-order valence-corrected chi connectivity index (χ0v) is 17.3. The Labute approximate surface area is 171 Å². The maximum absolute atomic E-state index is 13.4. The van der Waals surface area contributed by atoms with Gasteiger partial charge in [0.2, 0.25) is 11.8 Å². The molecule has 0 radical (unpaired) electrons. The fraction of sp³-hybridized carbons (Fsp3) is 0.522. The van der Waals surface area contributed by atoms with Crippen molar-refractivity contribution in [2.24, 2.45) is 17.8 Å². The molecule has 1 aromatic carbocycles. The van der Waals surface area contributed by atoms with Crippen LogP contribution in [0.2, 0.25) is 0 Å². The van der Waals surface area contributed by atoms with Gasteiger partial charge >= 0.3 is 6.09 Å². The third-order valence-electron chi connectivity index (χ3n) is 5.96. The predicted octanol–water partition coefficient (Wildman–Crippen LogP) is 4.12. The highest BCUT2D eigenvalue weighted by Gasteiger charge is 2.54. The van der Waals surface area contributed by atoms with E-state index in [1.165, 1.54) is 4.90 Å². The van der Waals surface area contributed by atoms with E-state index in [4.69, 9.17) is 4.74 Å². The quantitative estimate of drug-likeness (QED) is 0.670. The van der Waals surface area contributed by atoms with Gasteiger partial charge in [-0.3, -0.25) is 19.4 Å². The molecule has 3 unspecified atom stereocenters. The minimum Gasteiger partial charge on any atom is -0.443 e. The number of hydrogen-bond acceptors (Lipinski definition) is 4. The number of rotatable bonds is 1. The Bertz CT molecular complexity index is 855. The number of benzene rings is 1. The lowest BCUT2D eigenvalue weighted by atomic mass is 9.73. The van der Waals surface area contributed by atoms with Crippen LogP contribution >= 0.6 is 0 Å². The van der Waals surface area contributed by atoms with Crippen LogP contribution in [0, 0.1) is 17.8 Å². The Kier molecular flexibility index (Phi) is 4.97. The van der Waals surface area contributed by atoms with Crippen LogP contribution in [0.25, 0.3) is 0 Å². The smallest absolute Gasteiger partial charge is 0.414 e. The number of amides is 3. The summed E-state index contributed by atoms with van der Waals surface area (Å²) in [5.74, 6) is -1.17. The van der Waals surface area contributed by atoms with E-state index in [9.17, 15) is 14.4 Å². The number of likely N-dealkylation sites (tertiary alicyclic amines) is 1. The van der Waals surface area contributed by atoms with Crippen LogP contribution in [-0.4, -0.2) is 35.0 Å². The summed E-state index contributed by atoms with van der Waals surface area (Å²) in [6.45, 7) is 6.13. The van der Waals surface area contributed by atoms with Gasteiger partial charge in [0.05, 0.1) is 17.5 Å². The maximum Gasteiger partial charge on any atom is 0.414 e. The molecule has 2 fully saturated rings. The summed E-state index contributed by atoms with van der Waals surface area (Å²) in [4.78, 5) is 42.3. The average molecular weight is 396 g/mol. The lowest BCUT2D eigenvalue weighted by Gasteiger charge is -2.36. The Hall–Kier alpha value is -2.63. The molecule has 4 rings (SSSR count). The molecule has 0 aromatic heterocycles. The van der Waals surface area contributed by atoms with E-state index in [0.29, 0.717) is 18.7 Å². The van der Waals surface area contributed by atoms with Gasteiger partial charge < -0.3 is 4.74 Å². The maximum atomic E-state index is 13.4. The minimum atomic E-state index is -0.583. The fourth-order valence-electron chi connectivity index (χ4n) is 4.78. The standard InChI is InChI=1S/C23H28N2O4/c1-23(2,3)29-22(28)24-14-8-7-11-16-18(24)13-12-17-19(16)21(27)25(20(17)26)15-9-5-4-6-10-15/h4-6,9-10,13,16-17,19H,7-8,11-12,14H2,1-3H3. The zero-order chi connectivity index (χ0) is 20.8. The Morgan fingerprint density at radius 2 is 1.76 bits per heavy atom. The van der Waals surface area contributed by atoms with Gasteiger partial charge in [-0.05, 0) is 52.2 Å². The van der Waals surface area contributed by atoms with Gasteiger partial charge in [0.25, 0.3) is 0 Å². The topological polar surface area (TPSA) is 66.9 Å². The predicted molar refractivity (Wildman–Crippen MR) is 109 cm³/mol. The van der Waals surface area contributed by atoms with Gasteiger partial charge in [-0.2, -0.15) is 0 Å². The van der Waals surface area contributed by atoms with E-state index in [1.807, 2.05) is 45.0 Å². The van der Waals surface area contributed by atoms with Crippen molar-refractivity contribution in [2.75, 3.05) is 11.4 Å². The Morgan fingerprint density at radius 1 is 1.03 bits per heavy atom. The van der Waals surface area contributed by atoms with E-state index in [-0.39, 0.29) is 29.7 Å². The summed E-state index contributed by atoms with van der Waals surface area (Å²) in [6.07, 6.45) is 4.66. The summed E-state index contributed by atoms with van der Waals surface area (Å²) in [6, 6.07) is 9.11. The summed E-state index contributed by atoms with van der Waals surface area (Å²) in [5, 5.41) is 0. The molecule has 0 saturated carbocycles. The molecule has 0 N–H and O–H groups in total. The Balaban J connectivity index is 1.65. The summed E-state index contributed by atoms with van der Waals surface area (Å²) in [7, 11) is 0. The first-order valence-corrected chi connectivity index (χ1v) is 10.4. The molecule has 2 saturated heterocycles. The highest BCUT2D eigenvalue weighted by molar-refractivity contribution is 6.22. The van der Waals surface area contributed by atoms with Crippen molar-refractivity contribution in [3.05, 3.63) is 42.1 Å². The number of para-hydroxylation sites is 1. The van der Waals surface area contributed by atoms with Crippen molar-refractivity contribution in [3.63, 3.8) is 0 Å². The van der Waals surface area contributed by atoms with Gasteiger partial charge in [-0.1, -0.05) is 30.7 Å². The summed E-state index contributed by atoms with van der Waals surface area (Å²) >= 11 is 0. The van der Waals surface area contributed by atoms with Crippen molar-refractivity contribution in [3.8, 4) is 0 Å². The summed E-state index contributed by atoms with van der Waals surface area (Å²) in [5.41, 5.74) is 0.894. The van der Waals surface area contributed by atoms with Crippen molar-refractivity contribution >= 4 is 23.6 Å². The molecule has 1 aliphatic carbocycles. The molecular weight excluding hydrogens is 368 g/mol. The molecule has 0 spiro atoms. The molecule has 2 aliphatic heterocycles. The number of carbonyl (C=O) groups excluding carboxylic acids is 3. The van der Waals surface area contributed by atoms with E-state index in [1.54, 1.807) is 17.0 Å². The fourth-order valence-corrected chi connectivity index (χ4v) is 4.78. The van der Waals surface area contributed by atoms with Gasteiger partial charge in [0, 0.05) is 18.2 Å². The summed E-state index contributed by atoms with van der Waals surface area (Å²) < 4.78 is 5.62. The molecule has 6 heteroatoms. The number of carbonyl (C=O) groups is 3. The van der Waals surface area contributed by atoms with Gasteiger partial charge in [-0.25, -0.2) is 4.79 Å². The first-order chi connectivity index (χ1) is 13.8. The molecule has 0 bridgehead atoms. The molecule has 3 aliphatic rings. The zero-order valence-electron chi connectivity index (χ0n) is 17.3. The molecule has 3 atom stereocenters. The van der Waals surface area contributed by atoms with Crippen LogP contribution in [0.4, 0.5) is 10.5 Å². The van der Waals surface area contributed by atoms with Gasteiger partial charge in [0.15, 0.2) is 0 Å². The van der Waals surface area contributed by atoms with Crippen molar-refractivity contribution in [1.29, 1.82) is 0 Å². The molecule has 1 aromatic rings. The van der Waals surface area contributed by atoms with Crippen molar-refractivity contribution < 1.29 is 19.1 Å². The lowest BCUT2D eigenvalue weighted by molar-refractivity contribution is -0.123. The van der Waals surface area contributed by atoms with Crippen LogP contribution in [0.1, 0.15) is 46.5 Å².